The van der Waals surface area contributed by atoms with E-state index in [0.29, 0.717) is 0 Å². The SMILES string of the molecule is COc1cc2c(cc1OC)C(Cc1cccc(N)c1)=NN(C)C2. The molecule has 120 valence electrons. The maximum atomic E-state index is 5.88. The molecule has 0 atom stereocenters. The van der Waals surface area contributed by atoms with Crippen LogP contribution >= 0.6 is 0 Å². The first kappa shape index (κ1) is 15.2. The van der Waals surface area contributed by atoms with Gasteiger partial charge in [0.15, 0.2) is 11.5 Å². The molecule has 2 aromatic carbocycles. The first-order valence-corrected chi connectivity index (χ1v) is 7.49. The summed E-state index contributed by atoms with van der Waals surface area (Å²) < 4.78 is 10.8. The van der Waals surface area contributed by atoms with Crippen LogP contribution in [0.2, 0.25) is 0 Å². The Morgan fingerprint density at radius 3 is 2.57 bits per heavy atom. The number of anilines is 1. The third-order valence-corrected chi connectivity index (χ3v) is 3.93. The van der Waals surface area contributed by atoms with Crippen molar-refractivity contribution in [3.63, 3.8) is 0 Å². The van der Waals surface area contributed by atoms with Gasteiger partial charge in [-0.05, 0) is 35.4 Å². The Balaban J connectivity index is 2.02. The van der Waals surface area contributed by atoms with Gasteiger partial charge < -0.3 is 15.2 Å². The fourth-order valence-electron chi connectivity index (χ4n) is 2.89. The lowest BCUT2D eigenvalue weighted by Gasteiger charge is -2.25. The quantitative estimate of drug-likeness (QED) is 0.882. The van der Waals surface area contributed by atoms with E-state index in [1.807, 2.05) is 42.4 Å². The zero-order valence-corrected chi connectivity index (χ0v) is 13.7. The van der Waals surface area contributed by atoms with E-state index in [2.05, 4.69) is 6.07 Å². The summed E-state index contributed by atoms with van der Waals surface area (Å²) in [7, 11) is 5.27. The molecule has 2 aromatic rings. The van der Waals surface area contributed by atoms with Crippen LogP contribution in [0.1, 0.15) is 16.7 Å². The molecule has 1 aliphatic rings. The van der Waals surface area contributed by atoms with Gasteiger partial charge in [0.25, 0.3) is 0 Å². The number of nitrogen functional groups attached to an aromatic ring is 1. The van der Waals surface area contributed by atoms with Crippen LogP contribution in [-0.4, -0.2) is 32.0 Å². The average molecular weight is 311 g/mol. The van der Waals surface area contributed by atoms with Crippen molar-refractivity contribution in [3.05, 3.63) is 53.1 Å². The van der Waals surface area contributed by atoms with Gasteiger partial charge in [0.1, 0.15) is 0 Å². The van der Waals surface area contributed by atoms with Gasteiger partial charge in [0, 0.05) is 24.7 Å². The summed E-state index contributed by atoms with van der Waals surface area (Å²) in [5, 5.41) is 6.63. The number of hydrogen-bond donors (Lipinski definition) is 1. The number of nitrogens with two attached hydrogens (primary N) is 1. The van der Waals surface area contributed by atoms with Crippen LogP contribution in [0, 0.1) is 0 Å². The highest BCUT2D eigenvalue weighted by Crippen LogP contribution is 2.33. The minimum atomic E-state index is 0.719. The average Bonchev–Trinajstić information content (AvgIpc) is 2.53. The topological polar surface area (TPSA) is 60.1 Å². The van der Waals surface area contributed by atoms with E-state index in [9.17, 15) is 0 Å². The Morgan fingerprint density at radius 2 is 1.87 bits per heavy atom. The molecule has 2 N–H and O–H groups in total. The number of ether oxygens (including phenoxy) is 2. The van der Waals surface area contributed by atoms with Gasteiger partial charge in [-0.25, -0.2) is 0 Å². The van der Waals surface area contributed by atoms with Gasteiger partial charge in [-0.1, -0.05) is 12.1 Å². The number of nitrogens with zero attached hydrogens (tertiary/aromatic N) is 2. The van der Waals surface area contributed by atoms with Crippen LogP contribution in [0.15, 0.2) is 41.5 Å². The molecule has 3 rings (SSSR count). The maximum absolute atomic E-state index is 5.88. The normalized spacial score (nSPS) is 13.3. The first-order valence-electron chi connectivity index (χ1n) is 7.49. The predicted octanol–water partition coefficient (Wildman–Crippen LogP) is 2.68. The Morgan fingerprint density at radius 1 is 1.13 bits per heavy atom. The fraction of sp³-hybridized carbons (Fsp3) is 0.278. The number of rotatable bonds is 4. The Labute approximate surface area is 136 Å². The first-order chi connectivity index (χ1) is 11.1. The molecule has 0 spiro atoms. The minimum absolute atomic E-state index is 0.719. The lowest BCUT2D eigenvalue weighted by molar-refractivity contribution is 0.332. The van der Waals surface area contributed by atoms with Crippen molar-refractivity contribution >= 4 is 11.4 Å². The lowest BCUT2D eigenvalue weighted by Crippen LogP contribution is -2.24. The minimum Gasteiger partial charge on any atom is -0.493 e. The zero-order valence-electron chi connectivity index (χ0n) is 13.7. The molecule has 5 nitrogen and oxygen atoms in total. The van der Waals surface area contributed by atoms with Crippen molar-refractivity contribution in [1.29, 1.82) is 0 Å². The molecule has 0 amide bonds. The summed E-state index contributed by atoms with van der Waals surface area (Å²) >= 11 is 0. The second-order valence-corrected chi connectivity index (χ2v) is 5.65. The van der Waals surface area contributed by atoms with Crippen molar-refractivity contribution in [2.24, 2.45) is 5.10 Å². The summed E-state index contributed by atoms with van der Waals surface area (Å²) in [4.78, 5) is 0. The third kappa shape index (κ3) is 3.08. The molecule has 23 heavy (non-hydrogen) atoms. The number of hydrazone groups is 1. The lowest BCUT2D eigenvalue weighted by atomic mass is 9.95. The van der Waals surface area contributed by atoms with Crippen LogP contribution in [0.3, 0.4) is 0 Å². The fourth-order valence-corrected chi connectivity index (χ4v) is 2.89. The molecule has 0 bridgehead atoms. The van der Waals surface area contributed by atoms with E-state index in [4.69, 9.17) is 20.3 Å². The number of fused-ring (bicyclic) bond motifs is 1. The van der Waals surface area contributed by atoms with Crippen LogP contribution < -0.4 is 15.2 Å². The van der Waals surface area contributed by atoms with Gasteiger partial charge in [-0.15, -0.1) is 0 Å². The second kappa shape index (κ2) is 6.20. The van der Waals surface area contributed by atoms with E-state index >= 15 is 0 Å². The molecule has 0 radical (unpaired) electrons. The van der Waals surface area contributed by atoms with E-state index in [0.717, 1.165) is 47.0 Å². The van der Waals surface area contributed by atoms with Crippen LogP contribution in [0.25, 0.3) is 0 Å². The molecule has 0 saturated heterocycles. The standard InChI is InChI=1S/C18H21N3O2/c1-21-11-13-9-17(22-2)18(23-3)10-15(13)16(20-21)8-12-5-4-6-14(19)7-12/h4-7,9-10H,8,11,19H2,1-3H3. The third-order valence-electron chi connectivity index (χ3n) is 3.93. The van der Waals surface area contributed by atoms with Crippen LogP contribution in [0.4, 0.5) is 5.69 Å². The van der Waals surface area contributed by atoms with Gasteiger partial charge >= 0.3 is 0 Å². The van der Waals surface area contributed by atoms with Crippen molar-refractivity contribution in [2.75, 3.05) is 27.0 Å². The summed E-state index contributed by atoms with van der Waals surface area (Å²) in [6.07, 6.45) is 0.720. The Bertz CT molecular complexity index is 756. The highest BCUT2D eigenvalue weighted by atomic mass is 16.5. The highest BCUT2D eigenvalue weighted by molar-refractivity contribution is 6.04. The van der Waals surface area contributed by atoms with E-state index in [-0.39, 0.29) is 0 Å². The van der Waals surface area contributed by atoms with Gasteiger partial charge in [-0.2, -0.15) is 5.10 Å². The van der Waals surface area contributed by atoms with Crippen molar-refractivity contribution < 1.29 is 9.47 Å². The van der Waals surface area contributed by atoms with Crippen LogP contribution in [-0.2, 0) is 13.0 Å². The number of benzene rings is 2. The van der Waals surface area contributed by atoms with Crippen molar-refractivity contribution in [3.8, 4) is 11.5 Å². The summed E-state index contributed by atoms with van der Waals surface area (Å²) in [5.41, 5.74) is 11.1. The monoisotopic (exact) mass is 311 g/mol. The van der Waals surface area contributed by atoms with Gasteiger partial charge in [0.05, 0.1) is 26.5 Å². The molecule has 0 fully saturated rings. The molecule has 5 heteroatoms. The molecule has 1 heterocycles. The summed E-state index contributed by atoms with van der Waals surface area (Å²) in [5.74, 6) is 1.46. The van der Waals surface area contributed by atoms with Gasteiger partial charge in [0.2, 0.25) is 0 Å². The molecule has 0 aliphatic carbocycles. The Kier molecular flexibility index (Phi) is 4.10. The van der Waals surface area contributed by atoms with Gasteiger partial charge in [-0.3, -0.25) is 5.01 Å². The van der Waals surface area contributed by atoms with Crippen LogP contribution in [0.5, 0.6) is 11.5 Å². The highest BCUT2D eigenvalue weighted by Gasteiger charge is 2.21. The van der Waals surface area contributed by atoms with E-state index in [1.54, 1.807) is 14.2 Å². The molecular weight excluding hydrogens is 290 g/mol. The number of hydrogen-bond acceptors (Lipinski definition) is 5. The van der Waals surface area contributed by atoms with Crippen molar-refractivity contribution in [2.45, 2.75) is 13.0 Å². The largest absolute Gasteiger partial charge is 0.493 e. The molecule has 0 saturated carbocycles. The summed E-state index contributed by atoms with van der Waals surface area (Å²) in [6, 6.07) is 11.9. The molecule has 0 aromatic heterocycles. The van der Waals surface area contributed by atoms with E-state index in [1.165, 1.54) is 5.56 Å². The maximum Gasteiger partial charge on any atom is 0.161 e. The van der Waals surface area contributed by atoms with Crippen molar-refractivity contribution in [1.82, 2.24) is 5.01 Å². The smallest absolute Gasteiger partial charge is 0.161 e. The summed E-state index contributed by atoms with van der Waals surface area (Å²) in [6.45, 7) is 0.746. The second-order valence-electron chi connectivity index (χ2n) is 5.65. The molecular formula is C18H21N3O2. The molecule has 0 unspecified atom stereocenters. The number of methoxy groups -OCH3 is 2. The Hall–Kier alpha value is -2.69. The molecule has 1 aliphatic heterocycles. The zero-order chi connectivity index (χ0) is 16.4. The van der Waals surface area contributed by atoms with E-state index < -0.39 is 0 Å². The predicted molar refractivity (Wildman–Crippen MR) is 92.1 cm³/mol.